The van der Waals surface area contributed by atoms with E-state index in [9.17, 15) is 0 Å². The van der Waals surface area contributed by atoms with Crippen molar-refractivity contribution in [1.29, 1.82) is 0 Å². The quantitative estimate of drug-likeness (QED) is 0.691. The fraction of sp³-hybridized carbons (Fsp3) is 0.600. The fourth-order valence-corrected chi connectivity index (χ4v) is 2.91. The highest BCUT2D eigenvalue weighted by atomic mass is 32.1. The van der Waals surface area contributed by atoms with Gasteiger partial charge in [-0.3, -0.25) is 0 Å². The lowest BCUT2D eigenvalue weighted by atomic mass is 9.83. The Morgan fingerprint density at radius 2 is 0.714 bits per heavy atom. The summed E-state index contributed by atoms with van der Waals surface area (Å²) in [5.41, 5.74) is 0. The van der Waals surface area contributed by atoms with Crippen molar-refractivity contribution >= 4 is 68.3 Å². The Balaban J connectivity index is 5.13. The van der Waals surface area contributed by atoms with Gasteiger partial charge in [-0.15, -0.1) is 0 Å². The normalized spacial score (nSPS) is 10.4. The Kier molecular flexibility index (Phi) is 6.21. The van der Waals surface area contributed by atoms with Crippen molar-refractivity contribution in [1.82, 2.24) is 0 Å². The van der Waals surface area contributed by atoms with Crippen LogP contribution in [0.1, 0.15) is 27.7 Å². The summed E-state index contributed by atoms with van der Waals surface area (Å²) in [6, 6.07) is 0. The molecule has 0 nitrogen and oxygen atoms in total. The van der Waals surface area contributed by atoms with Gasteiger partial charge in [-0.1, -0.05) is 48.9 Å². The summed E-state index contributed by atoms with van der Waals surface area (Å²) >= 11 is 20.8. The molecule has 4 heteroatoms. The molecule has 0 amide bonds. The predicted octanol–water partition coefficient (Wildman–Crippen LogP) is 3.78. The maximum atomic E-state index is 5.20. The molecule has 0 N–H and O–H groups in total. The summed E-state index contributed by atoms with van der Waals surface area (Å²) in [5.74, 6) is 0.102. The van der Waals surface area contributed by atoms with Crippen LogP contribution in [0.3, 0.4) is 0 Å². The van der Waals surface area contributed by atoms with Crippen molar-refractivity contribution in [2.75, 3.05) is 0 Å². The van der Waals surface area contributed by atoms with E-state index < -0.39 is 0 Å². The molecule has 0 unspecified atom stereocenters. The zero-order valence-electron chi connectivity index (χ0n) is 8.79. The molecule has 0 aromatic carbocycles. The molecule has 0 spiro atoms. The molecule has 0 aromatic heterocycles. The third kappa shape index (κ3) is 3.85. The largest absolute Gasteiger partial charge is 0.0893 e. The van der Waals surface area contributed by atoms with Gasteiger partial charge in [0.15, 0.2) is 0 Å². The van der Waals surface area contributed by atoms with Crippen LogP contribution >= 0.6 is 48.9 Å². The first-order chi connectivity index (χ1) is 6.29. The van der Waals surface area contributed by atoms with E-state index in [2.05, 4.69) is 0 Å². The van der Waals surface area contributed by atoms with Gasteiger partial charge in [0, 0.05) is 11.8 Å². The Morgan fingerprint density at radius 3 is 0.786 bits per heavy atom. The monoisotopic (exact) mass is 262 g/mol. The van der Waals surface area contributed by atoms with Crippen LogP contribution in [0, 0.1) is 11.8 Å². The third-order valence-electron chi connectivity index (χ3n) is 2.09. The highest BCUT2D eigenvalue weighted by Crippen LogP contribution is 2.21. The molecule has 0 saturated carbocycles. The van der Waals surface area contributed by atoms with Crippen LogP contribution in [0.5, 0.6) is 0 Å². The van der Waals surface area contributed by atoms with E-state index in [1.54, 1.807) is 0 Å². The van der Waals surface area contributed by atoms with Crippen molar-refractivity contribution in [3.63, 3.8) is 0 Å². The summed E-state index contributed by atoms with van der Waals surface area (Å²) in [6.45, 7) is 7.61. The average molecular weight is 262 g/mol. The van der Waals surface area contributed by atoms with Gasteiger partial charge in [-0.25, -0.2) is 0 Å². The lowest BCUT2D eigenvalue weighted by molar-refractivity contribution is 0.857. The van der Waals surface area contributed by atoms with E-state index >= 15 is 0 Å². The van der Waals surface area contributed by atoms with Gasteiger partial charge in [-0.2, -0.15) is 0 Å². The molecule has 0 radical (unpaired) electrons. The topological polar surface area (TPSA) is 0 Å². The summed E-state index contributed by atoms with van der Waals surface area (Å²) in [4.78, 5) is 3.48. The minimum atomic E-state index is 0.0509. The third-order valence-corrected chi connectivity index (χ3v) is 3.10. The summed E-state index contributed by atoms with van der Waals surface area (Å²) < 4.78 is 0. The molecule has 0 fully saturated rings. The summed E-state index contributed by atoms with van der Waals surface area (Å²) in [6.07, 6.45) is 0. The molecule has 0 aliphatic carbocycles. The molecule has 14 heavy (non-hydrogen) atoms. The molecule has 78 valence electrons. The maximum Gasteiger partial charge on any atom is 0.0330 e. The van der Waals surface area contributed by atoms with Crippen LogP contribution in [0.15, 0.2) is 0 Å². The van der Waals surface area contributed by atoms with Gasteiger partial charge in [0.05, 0.1) is 0 Å². The van der Waals surface area contributed by atoms with Gasteiger partial charge in [0.2, 0.25) is 0 Å². The van der Waals surface area contributed by atoms with Gasteiger partial charge >= 0.3 is 0 Å². The Labute approximate surface area is 107 Å². The number of hydrogen-bond donors (Lipinski definition) is 0. The molecular weight excluding hydrogens is 248 g/mol. The zero-order valence-corrected chi connectivity index (χ0v) is 12.1. The van der Waals surface area contributed by atoms with Crippen molar-refractivity contribution < 1.29 is 0 Å². The number of rotatable bonds is 5. The lowest BCUT2D eigenvalue weighted by Gasteiger charge is -2.25. The lowest BCUT2D eigenvalue weighted by Crippen LogP contribution is -2.34. The molecule has 0 heterocycles. The van der Waals surface area contributed by atoms with E-state index in [4.69, 9.17) is 48.9 Å². The second-order valence-electron chi connectivity index (χ2n) is 3.40. The first-order valence-electron chi connectivity index (χ1n) is 4.30. The highest BCUT2D eigenvalue weighted by molar-refractivity contribution is 7.83. The Bertz CT molecular complexity index is 232. The Hall–Kier alpha value is 0.360. The smallest absolute Gasteiger partial charge is 0.0330 e. The SMILES string of the molecule is CC(=S)C(C(C)=S)C(C(C)=S)C(C)=S. The molecule has 0 rings (SSSR count). The fourth-order valence-electron chi connectivity index (χ4n) is 1.51. The van der Waals surface area contributed by atoms with Crippen LogP contribution in [-0.2, 0) is 0 Å². The molecular formula is C10H14S4. The zero-order chi connectivity index (χ0) is 11.5. The van der Waals surface area contributed by atoms with Crippen molar-refractivity contribution in [3.8, 4) is 0 Å². The van der Waals surface area contributed by atoms with E-state index in [1.165, 1.54) is 0 Å². The second-order valence-corrected chi connectivity index (χ2v) is 5.97. The van der Waals surface area contributed by atoms with Gasteiger partial charge in [0.25, 0.3) is 0 Å². The maximum absolute atomic E-state index is 5.20. The molecule has 0 aliphatic rings. The highest BCUT2D eigenvalue weighted by Gasteiger charge is 2.27. The summed E-state index contributed by atoms with van der Waals surface area (Å²) in [7, 11) is 0. The van der Waals surface area contributed by atoms with Crippen LogP contribution in [0.4, 0.5) is 0 Å². The van der Waals surface area contributed by atoms with Crippen LogP contribution in [-0.4, -0.2) is 19.5 Å². The summed E-state index contributed by atoms with van der Waals surface area (Å²) in [5, 5.41) is 0. The van der Waals surface area contributed by atoms with Crippen molar-refractivity contribution in [3.05, 3.63) is 0 Å². The van der Waals surface area contributed by atoms with E-state index in [1.807, 2.05) is 27.7 Å². The first kappa shape index (κ1) is 14.4. The molecule has 0 aromatic rings. The minimum absolute atomic E-state index is 0.0509. The van der Waals surface area contributed by atoms with Crippen LogP contribution in [0.2, 0.25) is 0 Å². The van der Waals surface area contributed by atoms with E-state index in [0.717, 1.165) is 19.5 Å². The number of hydrogen-bond acceptors (Lipinski definition) is 4. The van der Waals surface area contributed by atoms with Crippen LogP contribution in [0.25, 0.3) is 0 Å². The second kappa shape index (κ2) is 6.05. The molecule has 0 aliphatic heterocycles. The number of thiocarbonyl (C=S) groups is 4. The Morgan fingerprint density at radius 1 is 0.571 bits per heavy atom. The van der Waals surface area contributed by atoms with E-state index in [0.29, 0.717) is 0 Å². The average Bonchev–Trinajstić information content (AvgIpc) is 1.96. The van der Waals surface area contributed by atoms with Gasteiger partial charge < -0.3 is 0 Å². The van der Waals surface area contributed by atoms with E-state index in [-0.39, 0.29) is 11.8 Å². The molecule has 0 bridgehead atoms. The molecule has 0 saturated heterocycles. The van der Waals surface area contributed by atoms with Gasteiger partial charge in [0.1, 0.15) is 0 Å². The first-order valence-corrected chi connectivity index (χ1v) is 5.94. The van der Waals surface area contributed by atoms with Gasteiger partial charge in [-0.05, 0) is 47.2 Å². The van der Waals surface area contributed by atoms with Crippen molar-refractivity contribution in [2.45, 2.75) is 27.7 Å². The minimum Gasteiger partial charge on any atom is -0.0893 e. The van der Waals surface area contributed by atoms with Crippen LogP contribution < -0.4 is 0 Å². The standard InChI is InChI=1S/C10H14S4/c1-5(11)9(6(2)12)10(7(3)13)8(4)14/h9-10H,1-4H3. The predicted molar refractivity (Wildman–Crippen MR) is 80.1 cm³/mol. The molecule has 0 atom stereocenters. The van der Waals surface area contributed by atoms with Crippen molar-refractivity contribution in [2.24, 2.45) is 11.8 Å².